The number of rotatable bonds is 7. The van der Waals surface area contributed by atoms with Gasteiger partial charge < -0.3 is 20.1 Å². The Morgan fingerprint density at radius 3 is 2.78 bits per heavy atom. The topological polar surface area (TPSA) is 61.8 Å². The number of thiophene rings is 1. The average Bonchev–Trinajstić information content (AvgIpc) is 2.99. The van der Waals surface area contributed by atoms with Gasteiger partial charge in [-0.3, -0.25) is 4.79 Å². The molecule has 2 rings (SSSR count). The predicted molar refractivity (Wildman–Crippen MR) is 93.2 cm³/mol. The highest BCUT2D eigenvalue weighted by Gasteiger charge is 2.24. The van der Waals surface area contributed by atoms with Gasteiger partial charge in [-0.25, -0.2) is 0 Å². The van der Waals surface area contributed by atoms with Gasteiger partial charge in [-0.15, -0.1) is 11.3 Å². The minimum absolute atomic E-state index is 0.0570. The number of ether oxygens (including phenoxy) is 1. The Morgan fingerprint density at radius 1 is 1.48 bits per heavy atom. The Labute approximate surface area is 142 Å². The zero-order chi connectivity index (χ0) is 16.8. The van der Waals surface area contributed by atoms with Crippen molar-refractivity contribution in [1.29, 1.82) is 0 Å². The molecule has 2 heterocycles. The molecule has 2 N–H and O–H groups in total. The van der Waals surface area contributed by atoms with E-state index in [1.165, 1.54) is 11.3 Å². The summed E-state index contributed by atoms with van der Waals surface area (Å²) in [5.41, 5.74) is 1.13. The fourth-order valence-corrected chi connectivity index (χ4v) is 3.97. The van der Waals surface area contributed by atoms with Crippen LogP contribution in [0, 0.1) is 0 Å². The van der Waals surface area contributed by atoms with Gasteiger partial charge in [0.2, 0.25) is 0 Å². The zero-order valence-electron chi connectivity index (χ0n) is 14.2. The zero-order valence-corrected chi connectivity index (χ0v) is 15.1. The van der Waals surface area contributed by atoms with Crippen molar-refractivity contribution in [2.24, 2.45) is 0 Å². The average molecular weight is 340 g/mol. The van der Waals surface area contributed by atoms with Crippen LogP contribution in [-0.2, 0) is 4.74 Å². The van der Waals surface area contributed by atoms with E-state index in [1.807, 2.05) is 11.4 Å². The predicted octanol–water partition coefficient (Wildman–Crippen LogP) is 2.07. The second-order valence-corrected chi connectivity index (χ2v) is 7.43. The first-order valence-electron chi connectivity index (χ1n) is 8.28. The number of aliphatic hydroxyl groups is 1. The highest BCUT2D eigenvalue weighted by molar-refractivity contribution is 7.12. The van der Waals surface area contributed by atoms with Gasteiger partial charge >= 0.3 is 0 Å². The molecular weight excluding hydrogens is 312 g/mol. The van der Waals surface area contributed by atoms with E-state index >= 15 is 0 Å². The molecule has 1 saturated heterocycles. The molecule has 0 spiro atoms. The third-order valence-electron chi connectivity index (χ3n) is 4.27. The van der Waals surface area contributed by atoms with E-state index in [2.05, 4.69) is 24.1 Å². The SMILES string of the molecule is COCC(O)CN1CCC(NC(=O)c2sccc2C(C)C)CC1. The van der Waals surface area contributed by atoms with E-state index in [4.69, 9.17) is 4.74 Å². The lowest BCUT2D eigenvalue weighted by Gasteiger charge is -2.33. The maximum Gasteiger partial charge on any atom is 0.261 e. The van der Waals surface area contributed by atoms with Crippen molar-refractivity contribution < 1.29 is 14.6 Å². The number of likely N-dealkylation sites (tertiary alicyclic amines) is 1. The first kappa shape index (κ1) is 18.4. The molecule has 1 unspecified atom stereocenters. The fourth-order valence-electron chi connectivity index (χ4n) is 3.01. The number of methoxy groups -OCH3 is 1. The second kappa shape index (κ2) is 8.78. The smallest absolute Gasteiger partial charge is 0.261 e. The Hall–Kier alpha value is -0.950. The second-order valence-electron chi connectivity index (χ2n) is 6.52. The number of piperidine rings is 1. The van der Waals surface area contributed by atoms with Crippen molar-refractivity contribution in [3.05, 3.63) is 21.9 Å². The van der Waals surface area contributed by atoms with Crippen LogP contribution in [-0.4, -0.2) is 61.4 Å². The number of carbonyl (C=O) groups excluding carboxylic acids is 1. The van der Waals surface area contributed by atoms with Crippen molar-refractivity contribution in [3.63, 3.8) is 0 Å². The molecular formula is C17H28N2O3S. The van der Waals surface area contributed by atoms with E-state index < -0.39 is 6.10 Å². The molecule has 0 aromatic carbocycles. The van der Waals surface area contributed by atoms with Crippen molar-refractivity contribution in [2.75, 3.05) is 33.4 Å². The third kappa shape index (κ3) is 5.28. The highest BCUT2D eigenvalue weighted by atomic mass is 32.1. The van der Waals surface area contributed by atoms with Gasteiger partial charge in [0, 0.05) is 32.8 Å². The summed E-state index contributed by atoms with van der Waals surface area (Å²) in [6.07, 6.45) is 1.41. The molecule has 0 bridgehead atoms. The van der Waals surface area contributed by atoms with E-state index in [-0.39, 0.29) is 11.9 Å². The minimum Gasteiger partial charge on any atom is -0.389 e. The summed E-state index contributed by atoms with van der Waals surface area (Å²) in [4.78, 5) is 15.6. The number of β-amino-alcohol motifs (C(OH)–C–C–N with tert-alkyl or cyclic N) is 1. The lowest BCUT2D eigenvalue weighted by molar-refractivity contribution is 0.0309. The molecule has 5 nitrogen and oxygen atoms in total. The molecule has 0 saturated carbocycles. The first-order valence-corrected chi connectivity index (χ1v) is 9.16. The third-order valence-corrected chi connectivity index (χ3v) is 5.20. The summed E-state index contributed by atoms with van der Waals surface area (Å²) in [5, 5.41) is 14.9. The quantitative estimate of drug-likeness (QED) is 0.798. The van der Waals surface area contributed by atoms with Gasteiger partial charge in [-0.2, -0.15) is 0 Å². The molecule has 1 aromatic rings. The van der Waals surface area contributed by atoms with Crippen molar-refractivity contribution in [1.82, 2.24) is 10.2 Å². The summed E-state index contributed by atoms with van der Waals surface area (Å²) in [6.45, 7) is 7.02. The fraction of sp³-hybridized carbons (Fsp3) is 0.706. The van der Waals surface area contributed by atoms with Gasteiger partial charge in [-0.05, 0) is 35.8 Å². The molecule has 1 fully saturated rings. The van der Waals surface area contributed by atoms with Crippen LogP contribution in [0.5, 0.6) is 0 Å². The summed E-state index contributed by atoms with van der Waals surface area (Å²) >= 11 is 1.52. The van der Waals surface area contributed by atoms with Gasteiger partial charge in [0.05, 0.1) is 17.6 Å². The van der Waals surface area contributed by atoms with Crippen LogP contribution in [0.3, 0.4) is 0 Å². The minimum atomic E-state index is -0.439. The summed E-state index contributed by atoms with van der Waals surface area (Å²) in [7, 11) is 1.60. The molecule has 6 heteroatoms. The first-order chi connectivity index (χ1) is 11.0. The molecule has 23 heavy (non-hydrogen) atoms. The van der Waals surface area contributed by atoms with Gasteiger partial charge in [0.25, 0.3) is 5.91 Å². The number of amides is 1. The molecule has 1 aliphatic heterocycles. The van der Waals surface area contributed by atoms with E-state index in [9.17, 15) is 9.90 Å². The van der Waals surface area contributed by atoms with Gasteiger partial charge in [-0.1, -0.05) is 13.8 Å². The summed E-state index contributed by atoms with van der Waals surface area (Å²) in [6, 6.07) is 2.27. The highest BCUT2D eigenvalue weighted by Crippen LogP contribution is 2.25. The number of hydrogen-bond donors (Lipinski definition) is 2. The van der Waals surface area contributed by atoms with Crippen LogP contribution in [0.1, 0.15) is 47.8 Å². The van der Waals surface area contributed by atoms with Crippen LogP contribution >= 0.6 is 11.3 Å². The Balaban J connectivity index is 1.80. The lowest BCUT2D eigenvalue weighted by atomic mass is 10.0. The Morgan fingerprint density at radius 2 is 2.17 bits per heavy atom. The lowest BCUT2D eigenvalue weighted by Crippen LogP contribution is -2.47. The molecule has 1 amide bonds. The van der Waals surface area contributed by atoms with Gasteiger partial charge in [0.15, 0.2) is 0 Å². The van der Waals surface area contributed by atoms with E-state index in [1.54, 1.807) is 7.11 Å². The molecule has 0 aliphatic carbocycles. The number of hydrogen-bond acceptors (Lipinski definition) is 5. The number of aliphatic hydroxyl groups excluding tert-OH is 1. The molecule has 1 atom stereocenters. The maximum absolute atomic E-state index is 12.5. The summed E-state index contributed by atoms with van der Waals surface area (Å²) < 4.78 is 4.96. The molecule has 1 aliphatic rings. The number of carbonyl (C=O) groups is 1. The van der Waals surface area contributed by atoms with Crippen molar-refractivity contribution in [2.45, 2.75) is 44.8 Å². The Kier molecular flexibility index (Phi) is 7.02. The molecule has 0 radical (unpaired) electrons. The number of nitrogens with zero attached hydrogens (tertiary/aromatic N) is 1. The standard InChI is InChI=1S/C17H28N2O3S/c1-12(2)15-6-9-23-16(15)17(21)18-13-4-7-19(8-5-13)10-14(20)11-22-3/h6,9,12-14,20H,4-5,7-8,10-11H2,1-3H3,(H,18,21). The number of nitrogens with one attached hydrogen (secondary N) is 1. The van der Waals surface area contributed by atoms with Crippen LogP contribution in [0.15, 0.2) is 11.4 Å². The molecule has 1 aromatic heterocycles. The van der Waals surface area contributed by atoms with E-state index in [0.29, 0.717) is 19.1 Å². The van der Waals surface area contributed by atoms with E-state index in [0.717, 1.165) is 36.4 Å². The van der Waals surface area contributed by atoms with Crippen LogP contribution in [0.4, 0.5) is 0 Å². The van der Waals surface area contributed by atoms with Crippen LogP contribution < -0.4 is 5.32 Å². The normalized spacial score (nSPS) is 18.3. The summed E-state index contributed by atoms with van der Waals surface area (Å²) in [5.74, 6) is 0.424. The van der Waals surface area contributed by atoms with Gasteiger partial charge in [0.1, 0.15) is 0 Å². The van der Waals surface area contributed by atoms with Crippen molar-refractivity contribution >= 4 is 17.2 Å². The maximum atomic E-state index is 12.5. The largest absolute Gasteiger partial charge is 0.389 e. The van der Waals surface area contributed by atoms with Crippen LogP contribution in [0.2, 0.25) is 0 Å². The van der Waals surface area contributed by atoms with Crippen molar-refractivity contribution in [3.8, 4) is 0 Å². The molecule has 130 valence electrons. The Bertz CT molecular complexity index is 496. The van der Waals surface area contributed by atoms with Crippen LogP contribution in [0.25, 0.3) is 0 Å². The monoisotopic (exact) mass is 340 g/mol.